The van der Waals surface area contributed by atoms with E-state index in [9.17, 15) is 4.79 Å². The number of hydrogen-bond acceptors (Lipinski definition) is 4. The molecule has 0 atom stereocenters. The Hall–Kier alpha value is -2.70. The second kappa shape index (κ2) is 4.66. The van der Waals surface area contributed by atoms with Gasteiger partial charge in [0.1, 0.15) is 5.82 Å². The fourth-order valence-corrected chi connectivity index (χ4v) is 2.93. The maximum absolute atomic E-state index is 12.8. The molecule has 0 radical (unpaired) electrons. The van der Waals surface area contributed by atoms with Crippen LogP contribution in [0.3, 0.4) is 0 Å². The second-order valence-electron chi connectivity index (χ2n) is 5.49. The van der Waals surface area contributed by atoms with Crippen molar-refractivity contribution in [1.82, 2.24) is 23.7 Å². The van der Waals surface area contributed by atoms with Crippen LogP contribution in [0.4, 0.5) is 5.82 Å². The molecule has 4 rings (SSSR count). The summed E-state index contributed by atoms with van der Waals surface area (Å²) in [5.74, 6) is 1.35. The Bertz CT molecular complexity index is 958. The molecule has 0 bridgehead atoms. The number of aliphatic imine (C=N–C) groups is 1. The summed E-state index contributed by atoms with van der Waals surface area (Å²) in [4.78, 5) is 21.7. The van der Waals surface area contributed by atoms with Crippen LogP contribution in [-0.4, -0.2) is 29.4 Å². The zero-order valence-corrected chi connectivity index (χ0v) is 12.5. The van der Waals surface area contributed by atoms with E-state index in [1.165, 1.54) is 0 Å². The smallest absolute Gasteiger partial charge is 0.260 e. The van der Waals surface area contributed by atoms with Gasteiger partial charge in [0.2, 0.25) is 5.78 Å². The number of nitrogens with zero attached hydrogens (tertiary/aromatic N) is 6. The molecule has 0 saturated heterocycles. The first-order valence-electron chi connectivity index (χ1n) is 7.34. The van der Waals surface area contributed by atoms with Crippen molar-refractivity contribution in [3.8, 4) is 0 Å². The lowest BCUT2D eigenvalue weighted by Crippen LogP contribution is -2.26. The highest BCUT2D eigenvalue weighted by Crippen LogP contribution is 2.27. The number of hydrogen-bond donors (Lipinski definition) is 0. The van der Waals surface area contributed by atoms with Crippen molar-refractivity contribution < 1.29 is 0 Å². The maximum atomic E-state index is 12.8. The topological polar surface area (TPSA) is 69.5 Å². The van der Waals surface area contributed by atoms with Crippen molar-refractivity contribution in [3.63, 3.8) is 0 Å². The van der Waals surface area contributed by atoms with Crippen LogP contribution in [0.15, 0.2) is 34.6 Å². The largest absolute Gasteiger partial charge is 0.278 e. The van der Waals surface area contributed by atoms with E-state index in [1.54, 1.807) is 21.6 Å². The molecule has 1 aliphatic heterocycles. The van der Waals surface area contributed by atoms with Crippen molar-refractivity contribution in [2.45, 2.75) is 26.3 Å². The first kappa shape index (κ1) is 13.0. The summed E-state index contributed by atoms with van der Waals surface area (Å²) < 4.78 is 5.37. The van der Waals surface area contributed by atoms with Gasteiger partial charge in [-0.2, -0.15) is 5.10 Å². The van der Waals surface area contributed by atoms with Gasteiger partial charge in [-0.05, 0) is 6.42 Å². The summed E-state index contributed by atoms with van der Waals surface area (Å²) >= 11 is 0. The van der Waals surface area contributed by atoms with Gasteiger partial charge in [-0.25, -0.2) is 9.98 Å². The fraction of sp³-hybridized carbons (Fsp3) is 0.333. The third kappa shape index (κ3) is 1.75. The summed E-state index contributed by atoms with van der Waals surface area (Å²) in [6.07, 6.45) is 8.68. The predicted octanol–water partition coefficient (Wildman–Crippen LogP) is 1.32. The van der Waals surface area contributed by atoms with E-state index in [0.717, 1.165) is 23.3 Å². The molecule has 0 unspecified atom stereocenters. The van der Waals surface area contributed by atoms with Gasteiger partial charge < -0.3 is 0 Å². The number of fused-ring (bicyclic) bond motifs is 3. The van der Waals surface area contributed by atoms with Gasteiger partial charge >= 0.3 is 0 Å². The highest BCUT2D eigenvalue weighted by Gasteiger charge is 2.25. The normalized spacial score (nSPS) is 13.6. The van der Waals surface area contributed by atoms with Crippen LogP contribution in [0.1, 0.15) is 24.5 Å². The number of aryl methyl sites for hydroxylation is 2. The Morgan fingerprint density at radius 1 is 1.36 bits per heavy atom. The quantitative estimate of drug-likeness (QED) is 0.732. The molecular formula is C15H16N6O. The minimum absolute atomic E-state index is 0.0122. The second-order valence-corrected chi connectivity index (χ2v) is 5.49. The molecule has 0 saturated carbocycles. The SMILES string of the molecule is CCCn1c(=O)c2c(n3ccnc13)N=C(c1cnn(C)c1)C2. The summed E-state index contributed by atoms with van der Waals surface area (Å²) in [6, 6.07) is 0. The van der Waals surface area contributed by atoms with E-state index in [2.05, 4.69) is 22.0 Å². The average molecular weight is 296 g/mol. The standard InChI is InChI=1S/C15H16N6O/c1-3-5-21-14(22)11-7-12(10-8-17-19(2)9-10)18-13(11)20-6-4-16-15(20)21/h4,6,8-9H,3,5,7H2,1-2H3. The summed E-state index contributed by atoms with van der Waals surface area (Å²) in [7, 11) is 1.87. The van der Waals surface area contributed by atoms with Crippen LogP contribution in [0, 0.1) is 0 Å². The minimum Gasteiger partial charge on any atom is -0.278 e. The molecule has 4 heterocycles. The molecule has 0 aromatic carbocycles. The van der Waals surface area contributed by atoms with Gasteiger partial charge in [0.15, 0.2) is 0 Å². The summed E-state index contributed by atoms with van der Waals surface area (Å²) in [5, 5.41) is 4.18. The van der Waals surface area contributed by atoms with Crippen LogP contribution in [0.5, 0.6) is 0 Å². The molecule has 7 nitrogen and oxygen atoms in total. The highest BCUT2D eigenvalue weighted by atomic mass is 16.1. The molecule has 0 spiro atoms. The van der Waals surface area contributed by atoms with Gasteiger partial charge in [-0.3, -0.25) is 18.4 Å². The molecule has 3 aromatic heterocycles. The molecule has 22 heavy (non-hydrogen) atoms. The third-order valence-corrected chi connectivity index (χ3v) is 3.93. The Morgan fingerprint density at radius 3 is 2.95 bits per heavy atom. The lowest BCUT2D eigenvalue weighted by atomic mass is 10.1. The Kier molecular flexibility index (Phi) is 2.75. The van der Waals surface area contributed by atoms with Crippen LogP contribution in [0.25, 0.3) is 5.78 Å². The Morgan fingerprint density at radius 2 is 2.23 bits per heavy atom. The molecule has 0 amide bonds. The van der Waals surface area contributed by atoms with Crippen molar-refractivity contribution in [2.75, 3.05) is 0 Å². The predicted molar refractivity (Wildman–Crippen MR) is 82.9 cm³/mol. The molecule has 3 aromatic rings. The first-order valence-corrected chi connectivity index (χ1v) is 7.34. The third-order valence-electron chi connectivity index (χ3n) is 3.93. The number of aromatic nitrogens is 5. The van der Waals surface area contributed by atoms with Crippen molar-refractivity contribution >= 4 is 17.3 Å². The lowest BCUT2D eigenvalue weighted by Gasteiger charge is -2.09. The van der Waals surface area contributed by atoms with Gasteiger partial charge in [0.05, 0.1) is 17.5 Å². The minimum atomic E-state index is 0.0122. The highest BCUT2D eigenvalue weighted by molar-refractivity contribution is 6.05. The fourth-order valence-electron chi connectivity index (χ4n) is 2.93. The van der Waals surface area contributed by atoms with Crippen LogP contribution < -0.4 is 5.56 Å². The van der Waals surface area contributed by atoms with E-state index in [1.807, 2.05) is 23.8 Å². The van der Waals surface area contributed by atoms with Crippen molar-refractivity contribution in [1.29, 1.82) is 0 Å². The van der Waals surface area contributed by atoms with E-state index in [-0.39, 0.29) is 5.56 Å². The summed E-state index contributed by atoms with van der Waals surface area (Å²) in [5.41, 5.74) is 2.58. The summed E-state index contributed by atoms with van der Waals surface area (Å²) in [6.45, 7) is 2.71. The van der Waals surface area contributed by atoms with Crippen LogP contribution in [-0.2, 0) is 20.0 Å². The molecule has 1 aliphatic rings. The molecule has 0 N–H and O–H groups in total. The molecule has 112 valence electrons. The van der Waals surface area contributed by atoms with E-state index in [4.69, 9.17) is 0 Å². The van der Waals surface area contributed by atoms with Gasteiger partial charge in [0, 0.05) is 44.2 Å². The Balaban J connectivity index is 1.93. The van der Waals surface area contributed by atoms with Crippen LogP contribution >= 0.6 is 0 Å². The molecule has 0 aliphatic carbocycles. The van der Waals surface area contributed by atoms with Crippen LogP contribution in [0.2, 0.25) is 0 Å². The monoisotopic (exact) mass is 296 g/mol. The maximum Gasteiger partial charge on any atom is 0.260 e. The van der Waals surface area contributed by atoms with Crippen molar-refractivity contribution in [3.05, 3.63) is 46.3 Å². The zero-order chi connectivity index (χ0) is 15.3. The van der Waals surface area contributed by atoms with Gasteiger partial charge in [-0.1, -0.05) is 6.92 Å². The van der Waals surface area contributed by atoms with Crippen molar-refractivity contribution in [2.24, 2.45) is 12.0 Å². The lowest BCUT2D eigenvalue weighted by molar-refractivity contribution is 0.653. The van der Waals surface area contributed by atoms with Gasteiger partial charge in [-0.15, -0.1) is 0 Å². The van der Waals surface area contributed by atoms with E-state index < -0.39 is 0 Å². The molecule has 0 fully saturated rings. The average Bonchev–Trinajstić information content (AvgIpc) is 3.20. The Labute approximate surface area is 126 Å². The van der Waals surface area contributed by atoms with E-state index >= 15 is 0 Å². The molecular weight excluding hydrogens is 280 g/mol. The zero-order valence-electron chi connectivity index (χ0n) is 12.5. The van der Waals surface area contributed by atoms with E-state index in [0.29, 0.717) is 24.6 Å². The number of rotatable bonds is 3. The number of imidazole rings is 1. The first-order chi connectivity index (χ1) is 10.7. The van der Waals surface area contributed by atoms with Gasteiger partial charge in [0.25, 0.3) is 5.56 Å². The molecule has 7 heteroatoms.